The quantitative estimate of drug-likeness (QED) is 0.538. The highest BCUT2D eigenvalue weighted by atomic mass is 16.7. The van der Waals surface area contributed by atoms with E-state index in [1.807, 2.05) is 13.8 Å². The number of carbonyl (C=O) groups is 2. The van der Waals surface area contributed by atoms with E-state index >= 15 is 0 Å². The molecular weight excluding hydrogens is 298 g/mol. The van der Waals surface area contributed by atoms with Gasteiger partial charge in [0.05, 0.1) is 0 Å². The smallest absolute Gasteiger partial charge is 0.326 e. The molecule has 1 atom stereocenters. The van der Waals surface area contributed by atoms with Crippen molar-refractivity contribution in [1.82, 2.24) is 5.32 Å². The van der Waals surface area contributed by atoms with Gasteiger partial charge in [-0.15, -0.1) is 0 Å². The summed E-state index contributed by atoms with van der Waals surface area (Å²) in [6, 6.07) is 6.22. The summed E-state index contributed by atoms with van der Waals surface area (Å²) in [7, 11) is 1.54. The molecular formula is C17H23NO5. The summed E-state index contributed by atoms with van der Waals surface area (Å²) in [6.07, 6.45) is 3.32. The molecule has 1 aromatic carbocycles. The van der Waals surface area contributed by atoms with Crippen LogP contribution >= 0.6 is 0 Å². The van der Waals surface area contributed by atoms with Crippen LogP contribution in [0.5, 0.6) is 5.75 Å². The van der Waals surface area contributed by atoms with Crippen molar-refractivity contribution >= 4 is 18.0 Å². The van der Waals surface area contributed by atoms with Gasteiger partial charge in [-0.05, 0) is 36.1 Å². The third kappa shape index (κ3) is 7.46. The lowest BCUT2D eigenvalue weighted by Crippen LogP contribution is -2.40. The van der Waals surface area contributed by atoms with Crippen molar-refractivity contribution < 1.29 is 24.2 Å². The molecule has 2 N–H and O–H groups in total. The Hall–Kier alpha value is -2.34. The molecule has 1 rings (SSSR count). The number of carboxylic acids is 1. The lowest BCUT2D eigenvalue weighted by molar-refractivity contribution is -0.141. The van der Waals surface area contributed by atoms with E-state index in [9.17, 15) is 9.59 Å². The molecule has 6 heteroatoms. The summed E-state index contributed by atoms with van der Waals surface area (Å²) in [5, 5.41) is 11.6. The number of rotatable bonds is 9. The number of hydrogen-bond acceptors (Lipinski definition) is 4. The van der Waals surface area contributed by atoms with Gasteiger partial charge in [0.15, 0.2) is 6.79 Å². The molecule has 23 heavy (non-hydrogen) atoms. The predicted octanol–water partition coefficient (Wildman–Crippen LogP) is 2.30. The van der Waals surface area contributed by atoms with Crippen LogP contribution in [-0.4, -0.2) is 36.9 Å². The van der Waals surface area contributed by atoms with Crippen molar-refractivity contribution in [3.8, 4) is 5.75 Å². The van der Waals surface area contributed by atoms with Gasteiger partial charge in [-0.1, -0.05) is 26.0 Å². The van der Waals surface area contributed by atoms with Crippen LogP contribution in [0.25, 0.3) is 6.08 Å². The fraction of sp³-hybridized carbons (Fsp3) is 0.412. The van der Waals surface area contributed by atoms with Gasteiger partial charge < -0.3 is 19.9 Å². The van der Waals surface area contributed by atoms with Crippen molar-refractivity contribution in [2.24, 2.45) is 5.92 Å². The maximum Gasteiger partial charge on any atom is 0.326 e. The van der Waals surface area contributed by atoms with Crippen molar-refractivity contribution in [3.05, 3.63) is 35.9 Å². The molecule has 0 saturated carbocycles. The summed E-state index contributed by atoms with van der Waals surface area (Å²) < 4.78 is 10.1. The van der Waals surface area contributed by atoms with E-state index in [2.05, 4.69) is 5.32 Å². The zero-order valence-corrected chi connectivity index (χ0v) is 13.6. The Morgan fingerprint density at radius 1 is 1.26 bits per heavy atom. The second-order valence-electron chi connectivity index (χ2n) is 5.48. The molecule has 6 nitrogen and oxygen atoms in total. The summed E-state index contributed by atoms with van der Waals surface area (Å²) in [6.45, 7) is 3.99. The third-order valence-corrected chi connectivity index (χ3v) is 2.97. The fourth-order valence-electron chi connectivity index (χ4n) is 1.89. The Labute approximate surface area is 136 Å². The van der Waals surface area contributed by atoms with E-state index in [1.54, 1.807) is 37.5 Å². The lowest BCUT2D eigenvalue weighted by Gasteiger charge is -2.15. The summed E-state index contributed by atoms with van der Waals surface area (Å²) in [4.78, 5) is 22.9. The molecule has 0 heterocycles. The maximum absolute atomic E-state index is 11.8. The Balaban J connectivity index is 2.58. The van der Waals surface area contributed by atoms with Crippen molar-refractivity contribution in [1.29, 1.82) is 0 Å². The van der Waals surface area contributed by atoms with Crippen LogP contribution in [0.3, 0.4) is 0 Å². The molecule has 1 amide bonds. The average Bonchev–Trinajstić information content (AvgIpc) is 2.50. The maximum atomic E-state index is 11.8. The van der Waals surface area contributed by atoms with E-state index in [1.165, 1.54) is 6.08 Å². The summed E-state index contributed by atoms with van der Waals surface area (Å²) in [5.41, 5.74) is 0.806. The number of aliphatic carboxylic acids is 1. The number of methoxy groups -OCH3 is 1. The molecule has 0 radical (unpaired) electrons. The van der Waals surface area contributed by atoms with E-state index < -0.39 is 17.9 Å². The highest BCUT2D eigenvalue weighted by molar-refractivity contribution is 5.94. The zero-order valence-electron chi connectivity index (χ0n) is 13.6. The normalized spacial score (nSPS) is 12.3. The number of carbonyl (C=O) groups excluding carboxylic acids is 1. The number of carboxylic acid groups (broad SMARTS) is 1. The molecule has 0 saturated heterocycles. The topological polar surface area (TPSA) is 84.9 Å². The standard InChI is InChI=1S/C17H23NO5/c1-12(2)10-15(17(20)21)18-16(19)9-6-13-4-7-14(8-5-13)23-11-22-3/h4-9,12,15H,10-11H2,1-3H3,(H,18,19)(H,20,21)/b9-6+. The van der Waals surface area contributed by atoms with Gasteiger partial charge in [-0.2, -0.15) is 0 Å². The highest BCUT2D eigenvalue weighted by Crippen LogP contribution is 2.13. The number of amides is 1. The monoisotopic (exact) mass is 321 g/mol. The Morgan fingerprint density at radius 3 is 2.43 bits per heavy atom. The Morgan fingerprint density at radius 2 is 1.91 bits per heavy atom. The first-order chi connectivity index (χ1) is 10.9. The van der Waals surface area contributed by atoms with Gasteiger partial charge in [0.1, 0.15) is 11.8 Å². The minimum absolute atomic E-state index is 0.171. The first-order valence-electron chi connectivity index (χ1n) is 7.35. The zero-order chi connectivity index (χ0) is 17.2. The van der Waals surface area contributed by atoms with Gasteiger partial charge in [0, 0.05) is 13.2 Å². The van der Waals surface area contributed by atoms with Crippen LogP contribution in [0.4, 0.5) is 0 Å². The van der Waals surface area contributed by atoms with Crippen molar-refractivity contribution in [3.63, 3.8) is 0 Å². The van der Waals surface area contributed by atoms with Crippen LogP contribution in [0.15, 0.2) is 30.3 Å². The van der Waals surface area contributed by atoms with Crippen LogP contribution in [-0.2, 0) is 14.3 Å². The van der Waals surface area contributed by atoms with E-state index in [-0.39, 0.29) is 12.7 Å². The minimum atomic E-state index is -1.03. The average molecular weight is 321 g/mol. The van der Waals surface area contributed by atoms with Crippen LogP contribution < -0.4 is 10.1 Å². The largest absolute Gasteiger partial charge is 0.480 e. The van der Waals surface area contributed by atoms with Gasteiger partial charge in [0.2, 0.25) is 5.91 Å². The van der Waals surface area contributed by atoms with Gasteiger partial charge in [-0.3, -0.25) is 4.79 Å². The van der Waals surface area contributed by atoms with Crippen molar-refractivity contribution in [2.75, 3.05) is 13.9 Å². The van der Waals surface area contributed by atoms with E-state index in [0.717, 1.165) is 5.56 Å². The third-order valence-electron chi connectivity index (χ3n) is 2.97. The SMILES string of the molecule is COCOc1ccc(/C=C/C(=O)NC(CC(C)C)C(=O)O)cc1. The van der Waals surface area contributed by atoms with Crippen LogP contribution in [0, 0.1) is 5.92 Å². The second-order valence-corrected chi connectivity index (χ2v) is 5.48. The molecule has 0 fully saturated rings. The van der Waals surface area contributed by atoms with Crippen LogP contribution in [0.2, 0.25) is 0 Å². The molecule has 1 aromatic rings. The Kier molecular flexibility index (Phi) is 7.83. The summed E-state index contributed by atoms with van der Waals surface area (Å²) >= 11 is 0. The minimum Gasteiger partial charge on any atom is -0.480 e. The second kappa shape index (κ2) is 9.63. The first kappa shape index (κ1) is 18.7. The number of hydrogen-bond donors (Lipinski definition) is 2. The molecule has 0 aliphatic carbocycles. The Bertz CT molecular complexity index is 536. The molecule has 0 aliphatic heterocycles. The van der Waals surface area contributed by atoms with Crippen molar-refractivity contribution in [2.45, 2.75) is 26.3 Å². The van der Waals surface area contributed by atoms with Gasteiger partial charge in [0.25, 0.3) is 0 Å². The number of ether oxygens (including phenoxy) is 2. The number of nitrogens with one attached hydrogen (secondary N) is 1. The van der Waals surface area contributed by atoms with E-state index in [4.69, 9.17) is 14.6 Å². The van der Waals surface area contributed by atoms with Gasteiger partial charge >= 0.3 is 5.97 Å². The molecule has 1 unspecified atom stereocenters. The molecule has 0 bridgehead atoms. The van der Waals surface area contributed by atoms with Crippen LogP contribution in [0.1, 0.15) is 25.8 Å². The predicted molar refractivity (Wildman–Crippen MR) is 87.0 cm³/mol. The van der Waals surface area contributed by atoms with Gasteiger partial charge in [-0.25, -0.2) is 4.79 Å². The molecule has 126 valence electrons. The summed E-state index contributed by atoms with van der Waals surface area (Å²) in [5.74, 6) is -0.616. The first-order valence-corrected chi connectivity index (χ1v) is 7.35. The lowest BCUT2D eigenvalue weighted by atomic mass is 10.0. The number of benzene rings is 1. The molecule has 0 spiro atoms. The highest BCUT2D eigenvalue weighted by Gasteiger charge is 2.19. The fourth-order valence-corrected chi connectivity index (χ4v) is 1.89. The molecule has 0 aliphatic rings. The van der Waals surface area contributed by atoms with E-state index in [0.29, 0.717) is 12.2 Å². The molecule has 0 aromatic heterocycles.